The largest absolute Gasteiger partial charge is 0.297 e. The zero-order valence-corrected chi connectivity index (χ0v) is 12.1. The molecule has 7 heteroatoms. The molecule has 0 saturated carbocycles. The van der Waals surface area contributed by atoms with Crippen LogP contribution in [0.1, 0.15) is 9.67 Å². The molecule has 2 heterocycles. The minimum absolute atomic E-state index is 0.198. The van der Waals surface area contributed by atoms with Crippen molar-refractivity contribution in [1.29, 1.82) is 0 Å². The monoisotopic (exact) mass is 322 g/mol. The van der Waals surface area contributed by atoms with Crippen molar-refractivity contribution < 1.29 is 13.6 Å². The molecular formula is C14H8F2N2OS2. The van der Waals surface area contributed by atoms with E-state index in [0.29, 0.717) is 15.7 Å². The lowest BCUT2D eigenvalue weighted by Gasteiger charge is -2.00. The van der Waals surface area contributed by atoms with Crippen molar-refractivity contribution >= 4 is 33.7 Å². The summed E-state index contributed by atoms with van der Waals surface area (Å²) in [7, 11) is 0. The highest BCUT2D eigenvalue weighted by Crippen LogP contribution is 2.27. The molecule has 21 heavy (non-hydrogen) atoms. The van der Waals surface area contributed by atoms with E-state index in [2.05, 4.69) is 10.3 Å². The smallest absolute Gasteiger partial charge is 0.267 e. The highest BCUT2D eigenvalue weighted by atomic mass is 32.1. The number of carbonyl (C=O) groups excluding carboxylic acids is 1. The van der Waals surface area contributed by atoms with Gasteiger partial charge in [-0.25, -0.2) is 13.8 Å². The Morgan fingerprint density at radius 2 is 2.05 bits per heavy atom. The average molecular weight is 322 g/mol. The normalized spacial score (nSPS) is 10.6. The van der Waals surface area contributed by atoms with Gasteiger partial charge in [0.15, 0.2) is 5.13 Å². The molecule has 0 aliphatic carbocycles. The van der Waals surface area contributed by atoms with Crippen LogP contribution in [-0.2, 0) is 0 Å². The Kier molecular flexibility index (Phi) is 3.76. The van der Waals surface area contributed by atoms with Crippen LogP contribution in [-0.4, -0.2) is 10.9 Å². The van der Waals surface area contributed by atoms with Crippen molar-refractivity contribution in [2.75, 3.05) is 5.32 Å². The van der Waals surface area contributed by atoms with E-state index in [1.54, 1.807) is 22.9 Å². The highest BCUT2D eigenvalue weighted by molar-refractivity contribution is 7.14. The number of benzene rings is 1. The van der Waals surface area contributed by atoms with E-state index in [1.165, 1.54) is 34.8 Å². The molecule has 0 radical (unpaired) electrons. The zero-order valence-electron chi connectivity index (χ0n) is 10.5. The Morgan fingerprint density at radius 3 is 2.76 bits per heavy atom. The summed E-state index contributed by atoms with van der Waals surface area (Å²) in [6, 6.07) is 6.78. The van der Waals surface area contributed by atoms with E-state index in [9.17, 15) is 13.6 Å². The van der Waals surface area contributed by atoms with E-state index in [1.807, 2.05) is 0 Å². The van der Waals surface area contributed by atoms with Gasteiger partial charge in [0.25, 0.3) is 5.91 Å². The van der Waals surface area contributed by atoms with Crippen LogP contribution in [0.25, 0.3) is 11.3 Å². The summed E-state index contributed by atoms with van der Waals surface area (Å²) in [6.07, 6.45) is 0. The summed E-state index contributed by atoms with van der Waals surface area (Å²) in [5.74, 6) is -1.58. The molecule has 0 aliphatic heterocycles. The third kappa shape index (κ3) is 2.98. The number of carbonyl (C=O) groups is 1. The number of thiazole rings is 1. The Morgan fingerprint density at radius 1 is 1.19 bits per heavy atom. The summed E-state index contributed by atoms with van der Waals surface area (Å²) < 4.78 is 26.6. The Hall–Kier alpha value is -2.12. The van der Waals surface area contributed by atoms with E-state index in [4.69, 9.17) is 0 Å². The summed E-state index contributed by atoms with van der Waals surface area (Å²) in [6.45, 7) is 0. The van der Waals surface area contributed by atoms with Gasteiger partial charge in [0.05, 0.1) is 10.6 Å². The molecule has 1 aromatic carbocycles. The van der Waals surface area contributed by atoms with Gasteiger partial charge in [0.1, 0.15) is 11.6 Å². The Labute approximate surface area is 126 Å². The minimum atomic E-state index is -0.684. The third-order valence-electron chi connectivity index (χ3n) is 2.68. The number of halogens is 2. The van der Waals surface area contributed by atoms with Crippen LogP contribution in [0.3, 0.4) is 0 Å². The van der Waals surface area contributed by atoms with Crippen molar-refractivity contribution in [2.24, 2.45) is 0 Å². The van der Waals surface area contributed by atoms with Crippen molar-refractivity contribution in [1.82, 2.24) is 4.98 Å². The van der Waals surface area contributed by atoms with Crippen molar-refractivity contribution in [3.8, 4) is 11.3 Å². The number of anilines is 1. The van der Waals surface area contributed by atoms with Crippen LogP contribution in [0, 0.1) is 11.6 Å². The SMILES string of the molecule is O=C(Nc1nc(-c2ccc(F)cc2F)cs1)c1cccs1. The van der Waals surface area contributed by atoms with Crippen LogP contribution in [0.15, 0.2) is 41.1 Å². The van der Waals surface area contributed by atoms with Crippen LogP contribution in [0.2, 0.25) is 0 Å². The van der Waals surface area contributed by atoms with Crippen LogP contribution >= 0.6 is 22.7 Å². The van der Waals surface area contributed by atoms with Crippen LogP contribution in [0.5, 0.6) is 0 Å². The second kappa shape index (κ2) is 5.71. The van der Waals surface area contributed by atoms with Gasteiger partial charge >= 0.3 is 0 Å². The number of rotatable bonds is 3. The number of hydrogen-bond acceptors (Lipinski definition) is 4. The maximum atomic E-state index is 13.7. The topological polar surface area (TPSA) is 42.0 Å². The lowest BCUT2D eigenvalue weighted by Crippen LogP contribution is -2.09. The fourth-order valence-corrected chi connectivity index (χ4v) is 3.04. The van der Waals surface area contributed by atoms with Gasteiger partial charge in [0.2, 0.25) is 0 Å². The molecule has 3 aromatic rings. The van der Waals surface area contributed by atoms with E-state index < -0.39 is 11.6 Å². The molecule has 0 atom stereocenters. The van der Waals surface area contributed by atoms with Gasteiger partial charge in [-0.3, -0.25) is 10.1 Å². The maximum absolute atomic E-state index is 13.7. The molecule has 1 N–H and O–H groups in total. The number of nitrogens with zero attached hydrogens (tertiary/aromatic N) is 1. The molecule has 1 amide bonds. The van der Waals surface area contributed by atoms with Gasteiger partial charge in [-0.15, -0.1) is 22.7 Å². The minimum Gasteiger partial charge on any atom is -0.297 e. The standard InChI is InChI=1S/C14H8F2N2OS2/c15-8-3-4-9(10(16)6-8)11-7-21-14(17-11)18-13(19)12-2-1-5-20-12/h1-7H,(H,17,18,19). The lowest BCUT2D eigenvalue weighted by molar-refractivity contribution is 0.103. The number of thiophene rings is 1. The summed E-state index contributed by atoms with van der Waals surface area (Å²) in [5.41, 5.74) is 0.559. The third-order valence-corrected chi connectivity index (χ3v) is 4.30. The quantitative estimate of drug-likeness (QED) is 0.776. The van der Waals surface area contributed by atoms with E-state index in [0.717, 1.165) is 6.07 Å². The van der Waals surface area contributed by atoms with E-state index in [-0.39, 0.29) is 11.5 Å². The molecular weight excluding hydrogens is 314 g/mol. The molecule has 0 spiro atoms. The fraction of sp³-hybridized carbons (Fsp3) is 0. The molecule has 3 rings (SSSR count). The number of aromatic nitrogens is 1. The fourth-order valence-electron chi connectivity index (χ4n) is 1.72. The van der Waals surface area contributed by atoms with Gasteiger partial charge in [-0.05, 0) is 23.6 Å². The van der Waals surface area contributed by atoms with Crippen LogP contribution in [0.4, 0.5) is 13.9 Å². The summed E-state index contributed by atoms with van der Waals surface area (Å²) >= 11 is 2.50. The molecule has 0 unspecified atom stereocenters. The van der Waals surface area contributed by atoms with Crippen molar-refractivity contribution in [3.63, 3.8) is 0 Å². The number of nitrogens with one attached hydrogen (secondary N) is 1. The zero-order chi connectivity index (χ0) is 14.8. The molecule has 0 bridgehead atoms. The molecule has 0 fully saturated rings. The van der Waals surface area contributed by atoms with Gasteiger partial charge in [-0.2, -0.15) is 0 Å². The molecule has 2 aromatic heterocycles. The first kappa shape index (κ1) is 13.8. The molecule has 106 valence electrons. The maximum Gasteiger partial charge on any atom is 0.267 e. The first-order valence-corrected chi connectivity index (χ1v) is 7.65. The molecule has 0 saturated heterocycles. The molecule has 3 nitrogen and oxygen atoms in total. The Balaban J connectivity index is 1.82. The highest BCUT2D eigenvalue weighted by Gasteiger charge is 2.13. The van der Waals surface area contributed by atoms with Gasteiger partial charge < -0.3 is 0 Å². The second-order valence-corrected chi connectivity index (χ2v) is 5.90. The number of hydrogen-bond donors (Lipinski definition) is 1. The first-order chi connectivity index (χ1) is 10.1. The van der Waals surface area contributed by atoms with Gasteiger partial charge in [0, 0.05) is 17.0 Å². The predicted octanol–water partition coefficient (Wildman–Crippen LogP) is 4.40. The van der Waals surface area contributed by atoms with Gasteiger partial charge in [-0.1, -0.05) is 6.07 Å². The Bertz CT molecular complexity index is 784. The van der Waals surface area contributed by atoms with Crippen molar-refractivity contribution in [3.05, 3.63) is 57.6 Å². The second-order valence-electron chi connectivity index (χ2n) is 4.09. The summed E-state index contributed by atoms with van der Waals surface area (Å²) in [4.78, 5) is 16.6. The average Bonchev–Trinajstić information content (AvgIpc) is 3.09. The lowest BCUT2D eigenvalue weighted by atomic mass is 10.1. The van der Waals surface area contributed by atoms with Crippen LogP contribution < -0.4 is 5.32 Å². The molecule has 0 aliphatic rings. The predicted molar refractivity (Wildman–Crippen MR) is 79.7 cm³/mol. The number of amides is 1. The summed E-state index contributed by atoms with van der Waals surface area (Å²) in [5, 5.41) is 6.43. The van der Waals surface area contributed by atoms with Crippen molar-refractivity contribution in [2.45, 2.75) is 0 Å². The first-order valence-electron chi connectivity index (χ1n) is 5.89. The van der Waals surface area contributed by atoms with E-state index >= 15 is 0 Å².